The Hall–Kier alpha value is 0.293. The molecule has 2 rings (SSSR count). The Labute approximate surface area is 116 Å². The summed E-state index contributed by atoms with van der Waals surface area (Å²) in [7, 11) is 0. The SMILES string of the molecule is Cc1ccc(C)c2[cH-]ccc12.Cl.Cl.[Zr]. The number of aryl methyl sites for hydroxylation is 2. The van der Waals surface area contributed by atoms with Crippen molar-refractivity contribution in [2.45, 2.75) is 13.8 Å². The fourth-order valence-corrected chi connectivity index (χ4v) is 1.54. The maximum atomic E-state index is 2.18. The Morgan fingerprint density at radius 2 is 1.50 bits per heavy atom. The summed E-state index contributed by atoms with van der Waals surface area (Å²) < 4.78 is 0. The average Bonchev–Trinajstić information content (AvgIpc) is 2.45. The summed E-state index contributed by atoms with van der Waals surface area (Å²) in [5.41, 5.74) is 2.74. The number of fused-ring (bicyclic) bond motifs is 1. The van der Waals surface area contributed by atoms with Crippen LogP contribution in [-0.2, 0) is 26.2 Å². The summed E-state index contributed by atoms with van der Waals surface area (Å²) in [5, 5.41) is 2.79. The van der Waals surface area contributed by atoms with Crippen LogP contribution in [-0.4, -0.2) is 0 Å². The first-order valence-corrected chi connectivity index (χ1v) is 3.90. The van der Waals surface area contributed by atoms with Gasteiger partial charge in [-0.25, -0.2) is 0 Å². The third-order valence-electron chi connectivity index (χ3n) is 2.25. The van der Waals surface area contributed by atoms with E-state index in [9.17, 15) is 0 Å². The van der Waals surface area contributed by atoms with Gasteiger partial charge in [0.2, 0.25) is 0 Å². The standard InChI is InChI=1S/C11H11.2ClH.Zr/c1-8-6-7-9(2)11-5-3-4-10(8)11;;;/h3-7H,1-2H3;2*1H;/q-1;;;. The maximum absolute atomic E-state index is 2.18. The summed E-state index contributed by atoms with van der Waals surface area (Å²) in [6.07, 6.45) is 0. The van der Waals surface area contributed by atoms with Gasteiger partial charge in [0.25, 0.3) is 0 Å². The van der Waals surface area contributed by atoms with Gasteiger partial charge in [0, 0.05) is 26.2 Å². The molecule has 0 aliphatic carbocycles. The van der Waals surface area contributed by atoms with Gasteiger partial charge >= 0.3 is 0 Å². The molecule has 0 saturated carbocycles. The van der Waals surface area contributed by atoms with Crippen molar-refractivity contribution >= 4 is 35.6 Å². The van der Waals surface area contributed by atoms with E-state index < -0.39 is 0 Å². The van der Waals surface area contributed by atoms with E-state index in [0.29, 0.717) is 0 Å². The van der Waals surface area contributed by atoms with E-state index in [1.54, 1.807) is 0 Å². The number of halogens is 2. The maximum Gasteiger partial charge on any atom is 0 e. The predicted octanol–water partition coefficient (Wildman–Crippen LogP) is 4.02. The quantitative estimate of drug-likeness (QED) is 0.645. The van der Waals surface area contributed by atoms with Crippen molar-refractivity contribution in [3.05, 3.63) is 41.5 Å². The Kier molecular flexibility index (Phi) is 8.02. The summed E-state index contributed by atoms with van der Waals surface area (Å²) in [4.78, 5) is 0. The molecule has 2 aromatic rings. The van der Waals surface area contributed by atoms with Crippen molar-refractivity contribution in [1.29, 1.82) is 0 Å². The third-order valence-corrected chi connectivity index (χ3v) is 2.25. The number of hydrogen-bond acceptors (Lipinski definition) is 0. The molecule has 0 fully saturated rings. The summed E-state index contributed by atoms with van der Waals surface area (Å²) in [6, 6.07) is 10.8. The minimum Gasteiger partial charge on any atom is -0.168 e. The molecule has 14 heavy (non-hydrogen) atoms. The number of benzene rings is 1. The molecule has 0 aliphatic rings. The van der Waals surface area contributed by atoms with E-state index in [1.165, 1.54) is 21.9 Å². The van der Waals surface area contributed by atoms with Crippen LogP contribution in [0, 0.1) is 13.8 Å². The zero-order chi connectivity index (χ0) is 7.84. The summed E-state index contributed by atoms with van der Waals surface area (Å²) >= 11 is 0. The average molecular weight is 307 g/mol. The molecule has 0 unspecified atom stereocenters. The van der Waals surface area contributed by atoms with Gasteiger partial charge in [-0.1, -0.05) is 18.6 Å². The fourth-order valence-electron chi connectivity index (χ4n) is 1.54. The second kappa shape index (κ2) is 6.72. The van der Waals surface area contributed by atoms with Gasteiger partial charge in [-0.3, -0.25) is 0 Å². The Morgan fingerprint density at radius 1 is 0.929 bits per heavy atom. The van der Waals surface area contributed by atoms with Gasteiger partial charge in [-0.2, -0.15) is 12.1 Å². The Morgan fingerprint density at radius 3 is 2.07 bits per heavy atom. The van der Waals surface area contributed by atoms with Crippen LogP contribution < -0.4 is 0 Å². The monoisotopic (exact) mass is 305 g/mol. The van der Waals surface area contributed by atoms with Crippen LogP contribution in [0.2, 0.25) is 0 Å². The first-order chi connectivity index (χ1) is 5.29. The van der Waals surface area contributed by atoms with E-state index in [4.69, 9.17) is 0 Å². The zero-order valence-corrected chi connectivity index (χ0v) is 12.3. The molecule has 0 heterocycles. The van der Waals surface area contributed by atoms with Crippen molar-refractivity contribution in [3.63, 3.8) is 0 Å². The van der Waals surface area contributed by atoms with Crippen LogP contribution in [0.5, 0.6) is 0 Å². The smallest absolute Gasteiger partial charge is 0 e. The minimum absolute atomic E-state index is 0. The number of rotatable bonds is 0. The molecule has 0 spiro atoms. The molecule has 3 heteroatoms. The van der Waals surface area contributed by atoms with Gasteiger partial charge in [-0.05, 0) is 6.92 Å². The molecular weight excluding hydrogens is 294 g/mol. The molecule has 2 aromatic carbocycles. The molecule has 76 valence electrons. The Bertz CT molecular complexity index is 357. The van der Waals surface area contributed by atoms with Crippen LogP contribution in [0.1, 0.15) is 11.1 Å². The van der Waals surface area contributed by atoms with Crippen molar-refractivity contribution < 1.29 is 26.2 Å². The van der Waals surface area contributed by atoms with Crippen LogP contribution in [0.15, 0.2) is 30.3 Å². The van der Waals surface area contributed by atoms with Gasteiger partial charge in [0.05, 0.1) is 0 Å². The second-order valence-electron chi connectivity index (χ2n) is 3.05. The summed E-state index contributed by atoms with van der Waals surface area (Å²) in [6.45, 7) is 4.31. The first kappa shape index (κ1) is 16.7. The van der Waals surface area contributed by atoms with Crippen molar-refractivity contribution in [3.8, 4) is 0 Å². The van der Waals surface area contributed by atoms with Crippen molar-refractivity contribution in [2.75, 3.05) is 0 Å². The molecule has 0 aliphatic heterocycles. The topological polar surface area (TPSA) is 0 Å². The molecule has 0 N–H and O–H groups in total. The van der Waals surface area contributed by atoms with E-state index in [0.717, 1.165) is 0 Å². The normalized spacial score (nSPS) is 8.43. The van der Waals surface area contributed by atoms with E-state index >= 15 is 0 Å². The van der Waals surface area contributed by atoms with Gasteiger partial charge in [0.1, 0.15) is 0 Å². The predicted molar refractivity (Wildman–Crippen MR) is 63.5 cm³/mol. The van der Waals surface area contributed by atoms with Crippen molar-refractivity contribution in [1.82, 2.24) is 0 Å². The Balaban J connectivity index is 0. The molecule has 0 saturated heterocycles. The van der Waals surface area contributed by atoms with E-state index in [1.807, 2.05) is 0 Å². The summed E-state index contributed by atoms with van der Waals surface area (Å²) in [5.74, 6) is 0. The molecule has 0 aromatic heterocycles. The molecule has 0 nitrogen and oxygen atoms in total. The molecule has 0 atom stereocenters. The minimum atomic E-state index is 0. The van der Waals surface area contributed by atoms with Crippen LogP contribution >= 0.6 is 24.8 Å². The second-order valence-corrected chi connectivity index (χ2v) is 3.05. The van der Waals surface area contributed by atoms with Crippen LogP contribution in [0.4, 0.5) is 0 Å². The van der Waals surface area contributed by atoms with Crippen LogP contribution in [0.25, 0.3) is 10.8 Å². The van der Waals surface area contributed by atoms with Gasteiger partial charge < -0.3 is 0 Å². The van der Waals surface area contributed by atoms with E-state index in [-0.39, 0.29) is 51.0 Å². The molecule has 0 amide bonds. The zero-order valence-electron chi connectivity index (χ0n) is 8.20. The fraction of sp³-hybridized carbons (Fsp3) is 0.182. The largest absolute Gasteiger partial charge is 0.168 e. The first-order valence-electron chi connectivity index (χ1n) is 3.90. The van der Waals surface area contributed by atoms with Crippen molar-refractivity contribution in [2.24, 2.45) is 0 Å². The molecular formula is C11H13Cl2Zr-. The third kappa shape index (κ3) is 2.89. The molecule has 0 radical (unpaired) electrons. The molecule has 0 bridgehead atoms. The number of hydrogen-bond donors (Lipinski definition) is 0. The van der Waals surface area contributed by atoms with Gasteiger partial charge in [0.15, 0.2) is 0 Å². The van der Waals surface area contributed by atoms with Gasteiger partial charge in [-0.15, -0.1) is 53.3 Å². The van der Waals surface area contributed by atoms with E-state index in [2.05, 4.69) is 44.2 Å². The van der Waals surface area contributed by atoms with Crippen LogP contribution in [0.3, 0.4) is 0 Å².